The predicted octanol–water partition coefficient (Wildman–Crippen LogP) is 3.48. The van der Waals surface area contributed by atoms with E-state index in [1.54, 1.807) is 12.4 Å². The van der Waals surface area contributed by atoms with Gasteiger partial charge in [-0.1, -0.05) is 42.0 Å². The van der Waals surface area contributed by atoms with Crippen LogP contribution in [0.15, 0.2) is 60.8 Å². The van der Waals surface area contributed by atoms with Crippen LogP contribution in [0.3, 0.4) is 0 Å². The zero-order valence-electron chi connectivity index (χ0n) is 18.3. The van der Waals surface area contributed by atoms with Crippen LogP contribution in [0, 0.1) is 0 Å². The number of ether oxygens (including phenoxy) is 1. The predicted molar refractivity (Wildman–Crippen MR) is 123 cm³/mol. The Morgan fingerprint density at radius 1 is 1.16 bits per heavy atom. The van der Waals surface area contributed by atoms with E-state index in [2.05, 4.69) is 57.1 Å². The standard InChI is InChI=1S/C24H28N6O/c1-18(11-19-7-5-4-6-8-19)15-30-9-10-31-22(16-30)23-21(20-12-25-17-26-13-20)14-27-24(28-23)29(2)3/h4-8,11-14,17,22H,9-10,15-16H2,1-3H3. The van der Waals surface area contributed by atoms with Crippen molar-refractivity contribution in [1.82, 2.24) is 24.8 Å². The number of morpholine rings is 1. The van der Waals surface area contributed by atoms with Crippen LogP contribution in [-0.2, 0) is 4.74 Å². The molecule has 2 aromatic heterocycles. The first-order valence-electron chi connectivity index (χ1n) is 10.5. The summed E-state index contributed by atoms with van der Waals surface area (Å²) < 4.78 is 6.18. The van der Waals surface area contributed by atoms with Crippen LogP contribution in [0.5, 0.6) is 0 Å². The van der Waals surface area contributed by atoms with Gasteiger partial charge in [0.2, 0.25) is 5.95 Å². The molecule has 0 aliphatic carbocycles. The molecule has 160 valence electrons. The lowest BCUT2D eigenvalue weighted by molar-refractivity contribution is -0.0285. The molecule has 31 heavy (non-hydrogen) atoms. The molecular weight excluding hydrogens is 388 g/mol. The van der Waals surface area contributed by atoms with E-state index < -0.39 is 0 Å². The summed E-state index contributed by atoms with van der Waals surface area (Å²) >= 11 is 0. The number of nitrogens with zero attached hydrogens (tertiary/aromatic N) is 6. The van der Waals surface area contributed by atoms with Gasteiger partial charge in [0.1, 0.15) is 12.4 Å². The molecule has 1 saturated heterocycles. The first-order valence-corrected chi connectivity index (χ1v) is 10.5. The Bertz CT molecular complexity index is 1020. The zero-order chi connectivity index (χ0) is 21.6. The summed E-state index contributed by atoms with van der Waals surface area (Å²) in [7, 11) is 3.88. The SMILES string of the molecule is CC(=Cc1ccccc1)CN1CCOC(c2nc(N(C)C)ncc2-c2cncnc2)C1. The van der Waals surface area contributed by atoms with Crippen molar-refractivity contribution in [2.24, 2.45) is 0 Å². The van der Waals surface area contributed by atoms with E-state index in [4.69, 9.17) is 9.72 Å². The van der Waals surface area contributed by atoms with E-state index >= 15 is 0 Å². The molecule has 1 aliphatic rings. The molecule has 0 saturated carbocycles. The zero-order valence-corrected chi connectivity index (χ0v) is 18.3. The first-order chi connectivity index (χ1) is 15.1. The maximum atomic E-state index is 6.18. The third kappa shape index (κ3) is 5.31. The van der Waals surface area contributed by atoms with Gasteiger partial charge >= 0.3 is 0 Å². The Kier molecular flexibility index (Phi) is 6.64. The van der Waals surface area contributed by atoms with Gasteiger partial charge in [-0.3, -0.25) is 4.90 Å². The summed E-state index contributed by atoms with van der Waals surface area (Å²) in [5, 5.41) is 0. The lowest BCUT2D eigenvalue weighted by Crippen LogP contribution is -2.39. The fraction of sp³-hybridized carbons (Fsp3) is 0.333. The van der Waals surface area contributed by atoms with E-state index in [-0.39, 0.29) is 6.10 Å². The second-order valence-corrected chi connectivity index (χ2v) is 7.99. The van der Waals surface area contributed by atoms with Gasteiger partial charge in [0, 0.05) is 63.4 Å². The summed E-state index contributed by atoms with van der Waals surface area (Å²) in [5.41, 5.74) is 5.23. The average molecular weight is 417 g/mol. The van der Waals surface area contributed by atoms with Gasteiger partial charge in [-0.05, 0) is 12.5 Å². The summed E-state index contributed by atoms with van der Waals surface area (Å²) in [6.07, 6.45) is 9.05. The van der Waals surface area contributed by atoms with Crippen LogP contribution in [0.4, 0.5) is 5.95 Å². The van der Waals surface area contributed by atoms with Crippen molar-refractivity contribution in [2.75, 3.05) is 45.2 Å². The first kappa shape index (κ1) is 21.1. The summed E-state index contributed by atoms with van der Waals surface area (Å²) in [6.45, 7) is 5.40. The number of hydrogen-bond donors (Lipinski definition) is 0. The number of rotatable bonds is 6. The van der Waals surface area contributed by atoms with Gasteiger partial charge in [-0.2, -0.15) is 0 Å². The number of aromatic nitrogens is 4. The highest BCUT2D eigenvalue weighted by Crippen LogP contribution is 2.31. The quantitative estimate of drug-likeness (QED) is 0.609. The van der Waals surface area contributed by atoms with Gasteiger partial charge in [0.25, 0.3) is 0 Å². The van der Waals surface area contributed by atoms with Crippen molar-refractivity contribution in [3.8, 4) is 11.1 Å². The van der Waals surface area contributed by atoms with E-state index in [1.807, 2.05) is 31.3 Å². The minimum atomic E-state index is -0.143. The van der Waals surface area contributed by atoms with Crippen LogP contribution in [0.25, 0.3) is 17.2 Å². The van der Waals surface area contributed by atoms with E-state index in [9.17, 15) is 0 Å². The maximum Gasteiger partial charge on any atom is 0.225 e. The third-order valence-electron chi connectivity index (χ3n) is 5.22. The molecule has 7 heteroatoms. The topological polar surface area (TPSA) is 67.3 Å². The molecule has 3 heterocycles. The Hall–Kier alpha value is -3.16. The van der Waals surface area contributed by atoms with Crippen LogP contribution < -0.4 is 4.90 Å². The Labute approximate surface area is 183 Å². The third-order valence-corrected chi connectivity index (χ3v) is 5.22. The van der Waals surface area contributed by atoms with Crippen molar-refractivity contribution < 1.29 is 4.74 Å². The molecule has 0 bridgehead atoms. The number of anilines is 1. The number of benzene rings is 1. The molecule has 0 radical (unpaired) electrons. The highest BCUT2D eigenvalue weighted by molar-refractivity contribution is 5.64. The molecule has 1 atom stereocenters. The van der Waals surface area contributed by atoms with E-state index in [1.165, 1.54) is 17.5 Å². The molecule has 7 nitrogen and oxygen atoms in total. The maximum absolute atomic E-state index is 6.18. The van der Waals surface area contributed by atoms with Crippen LogP contribution in [0.2, 0.25) is 0 Å². The molecule has 0 N–H and O–H groups in total. The second-order valence-electron chi connectivity index (χ2n) is 7.99. The molecule has 4 rings (SSSR count). The van der Waals surface area contributed by atoms with E-state index in [0.717, 1.165) is 36.5 Å². The van der Waals surface area contributed by atoms with E-state index in [0.29, 0.717) is 12.6 Å². The molecule has 1 aliphatic heterocycles. The van der Waals surface area contributed by atoms with Crippen molar-refractivity contribution in [2.45, 2.75) is 13.0 Å². The van der Waals surface area contributed by atoms with Gasteiger partial charge < -0.3 is 9.64 Å². The molecule has 1 aromatic carbocycles. The summed E-state index contributed by atoms with van der Waals surface area (Å²) in [4.78, 5) is 22.0. The molecule has 0 amide bonds. The van der Waals surface area contributed by atoms with Crippen LogP contribution in [0.1, 0.15) is 24.3 Å². The highest BCUT2D eigenvalue weighted by Gasteiger charge is 2.27. The van der Waals surface area contributed by atoms with Crippen molar-refractivity contribution in [1.29, 1.82) is 0 Å². The van der Waals surface area contributed by atoms with Gasteiger partial charge in [-0.25, -0.2) is 19.9 Å². The smallest absolute Gasteiger partial charge is 0.225 e. The van der Waals surface area contributed by atoms with Gasteiger partial charge in [0.15, 0.2) is 0 Å². The molecule has 1 fully saturated rings. The Morgan fingerprint density at radius 2 is 1.94 bits per heavy atom. The van der Waals surface area contributed by atoms with Gasteiger partial charge in [-0.15, -0.1) is 0 Å². The fourth-order valence-electron chi connectivity index (χ4n) is 3.75. The normalized spacial score (nSPS) is 17.5. The lowest BCUT2D eigenvalue weighted by atomic mass is 10.0. The lowest BCUT2D eigenvalue weighted by Gasteiger charge is -2.33. The van der Waals surface area contributed by atoms with Crippen molar-refractivity contribution in [3.05, 3.63) is 72.1 Å². The van der Waals surface area contributed by atoms with Gasteiger partial charge in [0.05, 0.1) is 12.3 Å². The number of hydrogen-bond acceptors (Lipinski definition) is 7. The molecule has 3 aromatic rings. The largest absolute Gasteiger partial charge is 0.369 e. The highest BCUT2D eigenvalue weighted by atomic mass is 16.5. The summed E-state index contributed by atoms with van der Waals surface area (Å²) in [5.74, 6) is 0.663. The molecule has 1 unspecified atom stereocenters. The average Bonchev–Trinajstić information content (AvgIpc) is 2.80. The van der Waals surface area contributed by atoms with Crippen LogP contribution >= 0.6 is 0 Å². The monoisotopic (exact) mass is 416 g/mol. The fourth-order valence-corrected chi connectivity index (χ4v) is 3.75. The van der Waals surface area contributed by atoms with Crippen molar-refractivity contribution in [3.63, 3.8) is 0 Å². The molecule has 0 spiro atoms. The minimum Gasteiger partial charge on any atom is -0.369 e. The Morgan fingerprint density at radius 3 is 2.68 bits per heavy atom. The molecular formula is C24H28N6O. The van der Waals surface area contributed by atoms with Crippen molar-refractivity contribution >= 4 is 12.0 Å². The minimum absolute atomic E-state index is 0.143. The summed E-state index contributed by atoms with van der Waals surface area (Å²) in [6, 6.07) is 10.4. The Balaban J connectivity index is 1.57. The van der Waals surface area contributed by atoms with Crippen LogP contribution in [-0.4, -0.2) is 65.2 Å². The second kappa shape index (κ2) is 9.76.